The third-order valence-corrected chi connectivity index (χ3v) is 3.05. The molecule has 0 atom stereocenters. The summed E-state index contributed by atoms with van der Waals surface area (Å²) < 4.78 is 4.88. The molecule has 0 aliphatic carbocycles. The molecule has 0 fully saturated rings. The molecule has 4 heteroatoms. The van der Waals surface area contributed by atoms with E-state index in [1.807, 2.05) is 12.1 Å². The molecule has 1 aromatic carbocycles. The number of nitrogens with zero attached hydrogens (tertiary/aromatic N) is 2. The number of carbonyl (C=O) groups excluding carboxylic acids is 1. The largest absolute Gasteiger partial charge is 0.407 e. The van der Waals surface area contributed by atoms with Gasteiger partial charge in [-0.3, -0.25) is 0 Å². The Hall–Kier alpha value is -2.10. The molecule has 0 amide bonds. The second kappa shape index (κ2) is 5.69. The molecule has 1 heterocycles. The molecule has 2 rings (SSSR count). The maximum Gasteiger partial charge on any atom is 0.363 e. The predicted molar refractivity (Wildman–Crippen MR) is 77.2 cm³/mol. The van der Waals surface area contributed by atoms with E-state index in [0.717, 1.165) is 18.7 Å². The van der Waals surface area contributed by atoms with Crippen LogP contribution in [-0.2, 0) is 9.53 Å². The van der Waals surface area contributed by atoms with Gasteiger partial charge in [0.25, 0.3) is 0 Å². The van der Waals surface area contributed by atoms with Gasteiger partial charge in [0.2, 0.25) is 0 Å². The maximum absolute atomic E-state index is 11.4. The third kappa shape index (κ3) is 3.02. The van der Waals surface area contributed by atoms with Gasteiger partial charge in [-0.2, -0.15) is 0 Å². The summed E-state index contributed by atoms with van der Waals surface area (Å²) in [7, 11) is 0. The predicted octanol–water partition coefficient (Wildman–Crippen LogP) is 2.85. The van der Waals surface area contributed by atoms with Crippen LogP contribution in [0.15, 0.2) is 35.0 Å². The van der Waals surface area contributed by atoms with Gasteiger partial charge >= 0.3 is 5.97 Å². The molecule has 0 bridgehead atoms. The number of carbonyl (C=O) groups is 1. The lowest BCUT2D eigenvalue weighted by molar-refractivity contribution is -0.130. The molecule has 1 aliphatic heterocycles. The summed E-state index contributed by atoms with van der Waals surface area (Å²) >= 11 is 0. The summed E-state index contributed by atoms with van der Waals surface area (Å²) in [6, 6.07) is 8.07. The monoisotopic (exact) mass is 258 g/mol. The van der Waals surface area contributed by atoms with Crippen LogP contribution in [0, 0.1) is 0 Å². The number of cyclic esters (lactones) is 1. The fourth-order valence-corrected chi connectivity index (χ4v) is 2.04. The zero-order valence-electron chi connectivity index (χ0n) is 11.5. The molecule has 0 saturated carbocycles. The van der Waals surface area contributed by atoms with Gasteiger partial charge in [0.1, 0.15) is 0 Å². The van der Waals surface area contributed by atoms with Gasteiger partial charge in [-0.1, -0.05) is 12.1 Å². The highest BCUT2D eigenvalue weighted by Crippen LogP contribution is 2.19. The number of anilines is 1. The number of hydrogen-bond donors (Lipinski definition) is 0. The van der Waals surface area contributed by atoms with E-state index in [1.165, 1.54) is 5.69 Å². The van der Waals surface area contributed by atoms with Gasteiger partial charge in [0, 0.05) is 25.7 Å². The van der Waals surface area contributed by atoms with E-state index in [2.05, 4.69) is 35.9 Å². The Bertz CT molecular complexity index is 526. The molecular formula is C15H18N2O2. The van der Waals surface area contributed by atoms with Crippen LogP contribution in [0.5, 0.6) is 0 Å². The summed E-state index contributed by atoms with van der Waals surface area (Å²) in [5.41, 5.74) is 2.48. The van der Waals surface area contributed by atoms with E-state index >= 15 is 0 Å². The Morgan fingerprint density at radius 1 is 1.21 bits per heavy atom. The molecule has 100 valence electrons. The van der Waals surface area contributed by atoms with E-state index in [9.17, 15) is 4.79 Å². The normalized spacial score (nSPS) is 16.5. The number of rotatable bonds is 4. The van der Waals surface area contributed by atoms with Crippen LogP contribution in [0.4, 0.5) is 5.69 Å². The van der Waals surface area contributed by atoms with Crippen LogP contribution >= 0.6 is 0 Å². The average Bonchev–Trinajstić information content (AvgIpc) is 2.71. The van der Waals surface area contributed by atoms with Crippen LogP contribution in [0.3, 0.4) is 0 Å². The van der Waals surface area contributed by atoms with Crippen LogP contribution in [0.1, 0.15) is 26.3 Å². The van der Waals surface area contributed by atoms with Crippen molar-refractivity contribution in [3.63, 3.8) is 0 Å². The number of ether oxygens (including phenoxy) is 1. The highest BCUT2D eigenvalue weighted by Gasteiger charge is 2.19. The minimum Gasteiger partial charge on any atom is -0.407 e. The topological polar surface area (TPSA) is 41.9 Å². The van der Waals surface area contributed by atoms with Crippen molar-refractivity contribution in [2.45, 2.75) is 20.8 Å². The highest BCUT2D eigenvalue weighted by molar-refractivity contribution is 6.06. The number of hydrogen-bond acceptors (Lipinski definition) is 4. The Kier molecular flexibility index (Phi) is 4.00. The lowest BCUT2D eigenvalue weighted by Gasteiger charge is -2.20. The Labute approximate surface area is 113 Å². The molecule has 0 saturated heterocycles. The summed E-state index contributed by atoms with van der Waals surface area (Å²) in [5, 5.41) is 0. The van der Waals surface area contributed by atoms with Crippen LogP contribution in [0.25, 0.3) is 6.08 Å². The maximum atomic E-state index is 11.4. The van der Waals surface area contributed by atoms with Gasteiger partial charge in [-0.15, -0.1) is 0 Å². The Morgan fingerprint density at radius 2 is 1.84 bits per heavy atom. The van der Waals surface area contributed by atoms with Crippen molar-refractivity contribution in [1.82, 2.24) is 0 Å². The van der Waals surface area contributed by atoms with E-state index in [0.29, 0.717) is 11.6 Å². The van der Waals surface area contributed by atoms with Crippen molar-refractivity contribution in [3.8, 4) is 0 Å². The van der Waals surface area contributed by atoms with Gasteiger partial charge in [0.05, 0.1) is 0 Å². The first-order chi connectivity index (χ1) is 9.13. The van der Waals surface area contributed by atoms with Crippen molar-refractivity contribution in [3.05, 3.63) is 35.5 Å². The standard InChI is InChI=1S/C15H18N2O2/c1-4-17(5-2)13-8-6-12(7-9-13)10-14-15(18)19-11(3)16-14/h6-10H,4-5H2,1-3H3/b14-10+. The van der Waals surface area contributed by atoms with Crippen LogP contribution < -0.4 is 4.90 Å². The zero-order chi connectivity index (χ0) is 13.8. The van der Waals surface area contributed by atoms with Crippen LogP contribution in [-0.4, -0.2) is 25.0 Å². The van der Waals surface area contributed by atoms with E-state index in [4.69, 9.17) is 4.74 Å². The molecule has 4 nitrogen and oxygen atoms in total. The van der Waals surface area contributed by atoms with Gasteiger partial charge in [-0.25, -0.2) is 9.79 Å². The second-order valence-electron chi connectivity index (χ2n) is 4.31. The molecule has 1 aliphatic rings. The smallest absolute Gasteiger partial charge is 0.363 e. The molecule has 0 radical (unpaired) electrons. The van der Waals surface area contributed by atoms with E-state index in [1.54, 1.807) is 13.0 Å². The van der Waals surface area contributed by atoms with Crippen molar-refractivity contribution < 1.29 is 9.53 Å². The van der Waals surface area contributed by atoms with Crippen molar-refractivity contribution >= 4 is 23.6 Å². The highest BCUT2D eigenvalue weighted by atomic mass is 16.6. The Morgan fingerprint density at radius 3 is 2.32 bits per heavy atom. The summed E-state index contributed by atoms with van der Waals surface area (Å²) in [6.45, 7) is 7.89. The number of aliphatic imine (C=N–C) groups is 1. The van der Waals surface area contributed by atoms with Gasteiger partial charge < -0.3 is 9.64 Å². The summed E-state index contributed by atoms with van der Waals surface area (Å²) in [6.07, 6.45) is 1.74. The molecule has 0 unspecified atom stereocenters. The molecule has 1 aromatic rings. The number of benzene rings is 1. The molecule has 0 spiro atoms. The van der Waals surface area contributed by atoms with Crippen molar-refractivity contribution in [2.24, 2.45) is 4.99 Å². The fraction of sp³-hybridized carbons (Fsp3) is 0.333. The number of esters is 1. The first-order valence-electron chi connectivity index (χ1n) is 6.48. The third-order valence-electron chi connectivity index (χ3n) is 3.05. The van der Waals surface area contributed by atoms with Gasteiger partial charge in [0.15, 0.2) is 11.6 Å². The van der Waals surface area contributed by atoms with E-state index < -0.39 is 0 Å². The van der Waals surface area contributed by atoms with Gasteiger partial charge in [-0.05, 0) is 37.6 Å². The van der Waals surface area contributed by atoms with Crippen molar-refractivity contribution in [1.29, 1.82) is 0 Å². The lowest BCUT2D eigenvalue weighted by atomic mass is 10.1. The minimum absolute atomic E-state index is 0.355. The SMILES string of the molecule is CCN(CC)c1ccc(/C=C2/N=C(C)OC2=O)cc1. The van der Waals surface area contributed by atoms with Crippen molar-refractivity contribution in [2.75, 3.05) is 18.0 Å². The Balaban J connectivity index is 2.20. The fourth-order valence-electron chi connectivity index (χ4n) is 2.04. The lowest BCUT2D eigenvalue weighted by Crippen LogP contribution is -2.21. The quantitative estimate of drug-likeness (QED) is 0.616. The molecule has 19 heavy (non-hydrogen) atoms. The summed E-state index contributed by atoms with van der Waals surface area (Å²) in [5.74, 6) is 0.0151. The zero-order valence-corrected chi connectivity index (χ0v) is 11.5. The molecule has 0 aromatic heterocycles. The second-order valence-corrected chi connectivity index (χ2v) is 4.31. The average molecular weight is 258 g/mol. The van der Waals surface area contributed by atoms with Crippen LogP contribution in [0.2, 0.25) is 0 Å². The molecule has 0 N–H and O–H groups in total. The minimum atomic E-state index is -0.384. The van der Waals surface area contributed by atoms with E-state index in [-0.39, 0.29) is 5.97 Å². The first kappa shape index (κ1) is 13.3. The summed E-state index contributed by atoms with van der Waals surface area (Å²) in [4.78, 5) is 17.8. The molecular weight excluding hydrogens is 240 g/mol. The first-order valence-corrected chi connectivity index (χ1v) is 6.48.